The lowest BCUT2D eigenvalue weighted by Gasteiger charge is -2.04. The van der Waals surface area contributed by atoms with Crippen molar-refractivity contribution in [2.75, 3.05) is 0 Å². The average Bonchev–Trinajstić information content (AvgIpc) is 3.15. The molecule has 0 amide bonds. The second-order valence-corrected chi connectivity index (χ2v) is 7.74. The summed E-state index contributed by atoms with van der Waals surface area (Å²) in [4.78, 5) is 19.5. The Hall–Kier alpha value is -3.52. The maximum atomic E-state index is 11.1. The van der Waals surface area contributed by atoms with Crippen LogP contribution in [0.15, 0.2) is 62.4 Å². The second-order valence-electron chi connectivity index (χ2n) is 6.82. The van der Waals surface area contributed by atoms with E-state index in [0.717, 1.165) is 22.2 Å². The number of rotatable bonds is 4. The van der Waals surface area contributed by atoms with Gasteiger partial charge in [0.2, 0.25) is 11.6 Å². The van der Waals surface area contributed by atoms with Crippen LogP contribution < -0.4 is 0 Å². The lowest BCUT2D eigenvalue weighted by atomic mass is 10.1. The number of nitro groups is 1. The third-order valence-electron chi connectivity index (χ3n) is 4.70. The van der Waals surface area contributed by atoms with Crippen molar-refractivity contribution in [3.63, 3.8) is 0 Å². The van der Waals surface area contributed by atoms with Gasteiger partial charge in [-0.05, 0) is 49.2 Å². The third-order valence-corrected chi connectivity index (χ3v) is 5.16. The van der Waals surface area contributed by atoms with Gasteiger partial charge in [0.05, 0.1) is 10.6 Å². The molecule has 7 nitrogen and oxygen atoms in total. The van der Waals surface area contributed by atoms with Gasteiger partial charge in [-0.25, -0.2) is 4.98 Å². The van der Waals surface area contributed by atoms with E-state index in [4.69, 9.17) is 4.42 Å². The zero-order chi connectivity index (χ0) is 21.4. The van der Waals surface area contributed by atoms with Crippen molar-refractivity contribution in [3.05, 3.63) is 79.8 Å². The number of hydrogen-bond donors (Lipinski definition) is 1. The van der Waals surface area contributed by atoms with Crippen molar-refractivity contribution in [2.45, 2.75) is 13.8 Å². The van der Waals surface area contributed by atoms with E-state index in [1.807, 2.05) is 50.2 Å². The number of nitro benzene ring substituents is 1. The van der Waals surface area contributed by atoms with Crippen molar-refractivity contribution in [1.82, 2.24) is 4.98 Å². The number of halogens is 1. The smallest absolute Gasteiger partial charge is 0.312 e. The predicted octanol–water partition coefficient (Wildman–Crippen LogP) is 6.24. The maximum absolute atomic E-state index is 11.1. The zero-order valence-electron chi connectivity index (χ0n) is 16.1. The number of nitrogens with zero attached hydrogens (tertiary/aromatic N) is 3. The zero-order valence-corrected chi connectivity index (χ0v) is 17.7. The normalized spacial score (nSPS) is 11.4. The molecule has 0 aliphatic heterocycles. The van der Waals surface area contributed by atoms with Gasteiger partial charge in [0, 0.05) is 27.9 Å². The summed E-state index contributed by atoms with van der Waals surface area (Å²) in [7, 11) is 0. The number of benzene rings is 3. The SMILES string of the molecule is Cc1ccc(-c2nc3c(C)cccc3o2)cc1N=Cc1cc(Br)cc([N+](=O)[O-])c1O. The molecule has 30 heavy (non-hydrogen) atoms. The Kier molecular flexibility index (Phi) is 5.09. The molecular formula is C22H16BrN3O4. The van der Waals surface area contributed by atoms with E-state index < -0.39 is 16.4 Å². The molecule has 1 aromatic heterocycles. The Bertz CT molecular complexity index is 1330. The fraction of sp³-hybridized carbons (Fsp3) is 0.0909. The van der Waals surface area contributed by atoms with E-state index in [9.17, 15) is 15.2 Å². The Balaban J connectivity index is 1.74. The van der Waals surface area contributed by atoms with E-state index >= 15 is 0 Å². The quantitative estimate of drug-likeness (QED) is 0.218. The molecule has 3 aromatic carbocycles. The highest BCUT2D eigenvalue weighted by Gasteiger charge is 2.18. The monoisotopic (exact) mass is 465 g/mol. The number of aromatic hydroxyl groups is 1. The van der Waals surface area contributed by atoms with Crippen LogP contribution in [-0.4, -0.2) is 21.2 Å². The molecule has 0 bridgehead atoms. The van der Waals surface area contributed by atoms with Crippen molar-refractivity contribution in [1.29, 1.82) is 0 Å². The van der Waals surface area contributed by atoms with E-state index in [-0.39, 0.29) is 5.56 Å². The minimum Gasteiger partial charge on any atom is -0.502 e. The Morgan fingerprint density at radius 3 is 2.70 bits per heavy atom. The van der Waals surface area contributed by atoms with Crippen molar-refractivity contribution in [3.8, 4) is 17.2 Å². The first-order valence-corrected chi connectivity index (χ1v) is 9.81. The molecule has 0 unspecified atom stereocenters. The first-order chi connectivity index (χ1) is 14.3. The standard InChI is InChI=1S/C22H16BrN3O4/c1-12-6-7-14(22-25-20-13(2)4-3-5-19(20)30-22)9-17(12)24-11-15-8-16(23)10-18(21(15)27)26(28)29/h3-11,27H,1-2H3. The lowest BCUT2D eigenvalue weighted by molar-refractivity contribution is -0.385. The molecule has 0 saturated carbocycles. The largest absolute Gasteiger partial charge is 0.502 e. The highest BCUT2D eigenvalue weighted by Crippen LogP contribution is 2.34. The minimum atomic E-state index is -0.640. The number of oxazole rings is 1. The van der Waals surface area contributed by atoms with Crippen LogP contribution in [0.2, 0.25) is 0 Å². The van der Waals surface area contributed by atoms with Gasteiger partial charge in [-0.15, -0.1) is 0 Å². The summed E-state index contributed by atoms with van der Waals surface area (Å²) in [5, 5.41) is 21.3. The Morgan fingerprint density at radius 1 is 1.17 bits per heavy atom. The lowest BCUT2D eigenvalue weighted by Crippen LogP contribution is -1.92. The van der Waals surface area contributed by atoms with Gasteiger partial charge in [-0.3, -0.25) is 15.1 Å². The molecule has 0 spiro atoms. The van der Waals surface area contributed by atoms with Crippen LogP contribution in [0.4, 0.5) is 11.4 Å². The van der Waals surface area contributed by atoms with Crippen LogP contribution in [0.25, 0.3) is 22.6 Å². The molecule has 0 radical (unpaired) electrons. The number of aromatic nitrogens is 1. The highest BCUT2D eigenvalue weighted by atomic mass is 79.9. The molecule has 1 N–H and O–H groups in total. The number of hydrogen-bond acceptors (Lipinski definition) is 6. The van der Waals surface area contributed by atoms with Crippen LogP contribution in [-0.2, 0) is 0 Å². The summed E-state index contributed by atoms with van der Waals surface area (Å²) in [6.07, 6.45) is 1.40. The number of phenolic OH excluding ortho intramolecular Hbond substituents is 1. The molecule has 0 aliphatic carbocycles. The summed E-state index contributed by atoms with van der Waals surface area (Å²) in [6.45, 7) is 3.87. The second kappa shape index (κ2) is 7.72. The van der Waals surface area contributed by atoms with Crippen LogP contribution in [0, 0.1) is 24.0 Å². The number of aryl methyl sites for hydroxylation is 2. The molecule has 0 saturated heterocycles. The topological polar surface area (TPSA) is 102 Å². The summed E-state index contributed by atoms with van der Waals surface area (Å²) in [6, 6.07) is 14.2. The van der Waals surface area contributed by atoms with E-state index in [1.165, 1.54) is 12.3 Å². The summed E-state index contributed by atoms with van der Waals surface area (Å²) in [5.74, 6) is 0.0480. The first kappa shape index (κ1) is 19.8. The highest BCUT2D eigenvalue weighted by molar-refractivity contribution is 9.10. The van der Waals surface area contributed by atoms with E-state index in [1.54, 1.807) is 6.07 Å². The van der Waals surface area contributed by atoms with Crippen molar-refractivity contribution < 1.29 is 14.4 Å². The number of fused-ring (bicyclic) bond motifs is 1. The van der Waals surface area contributed by atoms with Crippen LogP contribution in [0.3, 0.4) is 0 Å². The predicted molar refractivity (Wildman–Crippen MR) is 119 cm³/mol. The molecule has 4 rings (SSSR count). The van der Waals surface area contributed by atoms with Crippen LogP contribution >= 0.6 is 15.9 Å². The molecule has 1 heterocycles. The van der Waals surface area contributed by atoms with Crippen LogP contribution in [0.5, 0.6) is 5.75 Å². The number of para-hydroxylation sites is 1. The number of aliphatic imine (C=N–C) groups is 1. The Labute approximate surface area is 180 Å². The van der Waals surface area contributed by atoms with Gasteiger partial charge in [0.15, 0.2) is 5.58 Å². The Morgan fingerprint density at radius 2 is 1.97 bits per heavy atom. The summed E-state index contributed by atoms with van der Waals surface area (Å²) < 4.78 is 6.36. The van der Waals surface area contributed by atoms with Gasteiger partial charge in [-0.2, -0.15) is 0 Å². The van der Waals surface area contributed by atoms with Gasteiger partial charge in [0.25, 0.3) is 0 Å². The molecule has 4 aromatic rings. The maximum Gasteiger partial charge on any atom is 0.312 e. The molecular weight excluding hydrogens is 450 g/mol. The van der Waals surface area contributed by atoms with Crippen LogP contribution in [0.1, 0.15) is 16.7 Å². The van der Waals surface area contributed by atoms with Crippen molar-refractivity contribution >= 4 is 44.6 Å². The van der Waals surface area contributed by atoms with Gasteiger partial charge in [-0.1, -0.05) is 34.1 Å². The van der Waals surface area contributed by atoms with Gasteiger partial charge < -0.3 is 9.52 Å². The molecule has 150 valence electrons. The summed E-state index contributed by atoms with van der Waals surface area (Å²) in [5.41, 5.74) is 4.68. The fourth-order valence-electron chi connectivity index (χ4n) is 3.07. The third kappa shape index (κ3) is 3.69. The van der Waals surface area contributed by atoms with E-state index in [2.05, 4.69) is 25.9 Å². The fourth-order valence-corrected chi connectivity index (χ4v) is 3.54. The van der Waals surface area contributed by atoms with Gasteiger partial charge >= 0.3 is 5.69 Å². The summed E-state index contributed by atoms with van der Waals surface area (Å²) >= 11 is 3.22. The number of phenols is 1. The molecule has 0 fully saturated rings. The molecule has 8 heteroatoms. The van der Waals surface area contributed by atoms with E-state index in [0.29, 0.717) is 21.6 Å². The molecule has 0 aliphatic rings. The van der Waals surface area contributed by atoms with Crippen molar-refractivity contribution in [2.24, 2.45) is 4.99 Å². The first-order valence-electron chi connectivity index (χ1n) is 9.01. The molecule has 0 atom stereocenters. The average molecular weight is 466 g/mol. The minimum absolute atomic E-state index is 0.235. The van der Waals surface area contributed by atoms with Gasteiger partial charge in [0.1, 0.15) is 5.52 Å².